The first kappa shape index (κ1) is 13.6. The zero-order chi connectivity index (χ0) is 13.8. The fourth-order valence-electron chi connectivity index (χ4n) is 2.80. The Balaban J connectivity index is 1.84. The van der Waals surface area contributed by atoms with Crippen molar-refractivity contribution in [3.05, 3.63) is 53.9 Å². The summed E-state index contributed by atoms with van der Waals surface area (Å²) in [5.41, 5.74) is 2.92. The van der Waals surface area contributed by atoms with E-state index >= 15 is 0 Å². The van der Waals surface area contributed by atoms with Gasteiger partial charge in [0, 0.05) is 23.7 Å². The topological polar surface area (TPSA) is 37.8 Å². The number of hydrogen-bond donors (Lipinski definition) is 1. The lowest BCUT2D eigenvalue weighted by molar-refractivity contribution is 0.483. The Bertz CT molecular complexity index is 559. The van der Waals surface area contributed by atoms with Gasteiger partial charge in [-0.15, -0.1) is 0 Å². The van der Waals surface area contributed by atoms with E-state index in [-0.39, 0.29) is 0 Å². The Labute approximate surface area is 124 Å². The molecule has 0 bridgehead atoms. The summed E-state index contributed by atoms with van der Waals surface area (Å²) in [6.07, 6.45) is 5.93. The molecular formula is C16H19N3S. The van der Waals surface area contributed by atoms with Gasteiger partial charge in [0.05, 0.1) is 0 Å². The molecule has 3 nitrogen and oxygen atoms in total. The van der Waals surface area contributed by atoms with Gasteiger partial charge < -0.3 is 5.32 Å². The van der Waals surface area contributed by atoms with Crippen molar-refractivity contribution in [3.8, 4) is 0 Å². The van der Waals surface area contributed by atoms with Crippen LogP contribution >= 0.6 is 11.8 Å². The van der Waals surface area contributed by atoms with Crippen molar-refractivity contribution in [1.82, 2.24) is 15.3 Å². The van der Waals surface area contributed by atoms with E-state index in [1.54, 1.807) is 11.8 Å². The minimum Gasteiger partial charge on any atom is -0.309 e. The van der Waals surface area contributed by atoms with E-state index in [2.05, 4.69) is 46.5 Å². The third-order valence-electron chi connectivity index (χ3n) is 3.68. The minimum atomic E-state index is 0.388. The van der Waals surface area contributed by atoms with Crippen LogP contribution in [-0.2, 0) is 6.42 Å². The van der Waals surface area contributed by atoms with Crippen LogP contribution in [0.5, 0.6) is 0 Å². The van der Waals surface area contributed by atoms with Gasteiger partial charge in [-0.2, -0.15) is 0 Å². The van der Waals surface area contributed by atoms with E-state index in [0.29, 0.717) is 11.3 Å². The van der Waals surface area contributed by atoms with Crippen molar-refractivity contribution in [2.75, 3.05) is 6.54 Å². The van der Waals surface area contributed by atoms with Crippen LogP contribution in [0.1, 0.15) is 30.5 Å². The van der Waals surface area contributed by atoms with Crippen LogP contribution in [-0.4, -0.2) is 21.8 Å². The molecule has 1 aliphatic carbocycles. The zero-order valence-electron chi connectivity index (χ0n) is 11.6. The van der Waals surface area contributed by atoms with Crippen LogP contribution in [0.15, 0.2) is 47.9 Å². The highest BCUT2D eigenvalue weighted by molar-refractivity contribution is 7.99. The average Bonchev–Trinajstić information content (AvgIpc) is 2.51. The van der Waals surface area contributed by atoms with E-state index < -0.39 is 0 Å². The van der Waals surface area contributed by atoms with E-state index in [4.69, 9.17) is 0 Å². The molecule has 20 heavy (non-hydrogen) atoms. The summed E-state index contributed by atoms with van der Waals surface area (Å²) >= 11 is 1.79. The predicted octanol–water partition coefficient (Wildman–Crippen LogP) is 3.23. The number of aryl methyl sites for hydroxylation is 1. The first-order chi connectivity index (χ1) is 9.88. The summed E-state index contributed by atoms with van der Waals surface area (Å²) < 4.78 is 0. The van der Waals surface area contributed by atoms with Crippen LogP contribution < -0.4 is 5.32 Å². The summed E-state index contributed by atoms with van der Waals surface area (Å²) in [5, 5.41) is 5.00. The summed E-state index contributed by atoms with van der Waals surface area (Å²) in [5.74, 6) is 0. The average molecular weight is 285 g/mol. The molecule has 1 aromatic heterocycles. The van der Waals surface area contributed by atoms with Crippen LogP contribution in [0.3, 0.4) is 0 Å². The Hall–Kier alpha value is -1.39. The lowest BCUT2D eigenvalue weighted by atomic mass is 9.87. The second-order valence-electron chi connectivity index (χ2n) is 4.96. The monoisotopic (exact) mass is 285 g/mol. The molecule has 0 aliphatic heterocycles. The molecule has 0 spiro atoms. The molecule has 1 N–H and O–H groups in total. The molecule has 104 valence electrons. The summed E-state index contributed by atoms with van der Waals surface area (Å²) in [6, 6.07) is 11.0. The number of rotatable bonds is 4. The second kappa shape index (κ2) is 6.37. The first-order valence-corrected chi connectivity index (χ1v) is 8.01. The van der Waals surface area contributed by atoms with Gasteiger partial charge in [0.1, 0.15) is 0 Å². The third kappa shape index (κ3) is 2.86. The third-order valence-corrected chi connectivity index (χ3v) is 4.92. The van der Waals surface area contributed by atoms with Crippen molar-refractivity contribution in [1.29, 1.82) is 0 Å². The minimum absolute atomic E-state index is 0.388. The van der Waals surface area contributed by atoms with Gasteiger partial charge in [-0.05, 0) is 36.6 Å². The summed E-state index contributed by atoms with van der Waals surface area (Å²) in [7, 11) is 0. The molecule has 3 rings (SSSR count). The molecule has 0 saturated carbocycles. The highest BCUT2D eigenvalue weighted by Crippen LogP contribution is 2.38. The summed E-state index contributed by atoms with van der Waals surface area (Å²) in [4.78, 5) is 8.69. The number of fused-ring (bicyclic) bond motifs is 1. The molecule has 0 fully saturated rings. The van der Waals surface area contributed by atoms with Crippen molar-refractivity contribution in [3.63, 3.8) is 0 Å². The van der Waals surface area contributed by atoms with E-state index in [1.165, 1.54) is 11.1 Å². The van der Waals surface area contributed by atoms with Gasteiger partial charge >= 0.3 is 0 Å². The van der Waals surface area contributed by atoms with Crippen LogP contribution in [0.25, 0.3) is 0 Å². The number of thioether (sulfide) groups is 1. The lowest BCUT2D eigenvalue weighted by Crippen LogP contribution is -2.34. The smallest absolute Gasteiger partial charge is 0.187 e. The number of benzene rings is 1. The zero-order valence-corrected chi connectivity index (χ0v) is 12.4. The highest BCUT2D eigenvalue weighted by atomic mass is 32.2. The molecule has 2 aromatic rings. The molecule has 1 heterocycles. The normalized spacial score (nSPS) is 21.4. The van der Waals surface area contributed by atoms with Crippen molar-refractivity contribution >= 4 is 11.8 Å². The van der Waals surface area contributed by atoms with Crippen molar-refractivity contribution in [2.24, 2.45) is 0 Å². The molecule has 4 heteroatoms. The molecule has 2 unspecified atom stereocenters. The molecule has 0 radical (unpaired) electrons. The Kier molecular flexibility index (Phi) is 4.33. The number of aromatic nitrogens is 2. The maximum atomic E-state index is 4.35. The number of hydrogen-bond acceptors (Lipinski definition) is 4. The van der Waals surface area contributed by atoms with Crippen LogP contribution in [0, 0.1) is 0 Å². The molecule has 1 aliphatic rings. The first-order valence-electron chi connectivity index (χ1n) is 7.13. The second-order valence-corrected chi connectivity index (χ2v) is 6.17. The van der Waals surface area contributed by atoms with Crippen LogP contribution in [0.2, 0.25) is 0 Å². The van der Waals surface area contributed by atoms with E-state index in [0.717, 1.165) is 24.5 Å². The van der Waals surface area contributed by atoms with Gasteiger partial charge in [-0.1, -0.05) is 43.0 Å². The van der Waals surface area contributed by atoms with E-state index in [9.17, 15) is 0 Å². The lowest BCUT2D eigenvalue weighted by Gasteiger charge is -2.33. The fraction of sp³-hybridized carbons (Fsp3) is 0.375. The number of nitrogens with zero attached hydrogens (tertiary/aromatic N) is 2. The van der Waals surface area contributed by atoms with Crippen molar-refractivity contribution < 1.29 is 0 Å². The molecular weight excluding hydrogens is 266 g/mol. The van der Waals surface area contributed by atoms with Crippen LogP contribution in [0.4, 0.5) is 0 Å². The highest BCUT2D eigenvalue weighted by Gasteiger charge is 2.29. The van der Waals surface area contributed by atoms with Crippen molar-refractivity contribution in [2.45, 2.75) is 36.2 Å². The van der Waals surface area contributed by atoms with Gasteiger partial charge in [0.25, 0.3) is 0 Å². The standard InChI is InChI=1S/C16H19N3S/c1-2-17-15-13-7-4-3-6-12(13)8-9-14(15)20-16-18-10-5-11-19-16/h3-7,10-11,14-15,17H,2,8-9H2,1H3. The Morgan fingerprint density at radius 2 is 2.00 bits per heavy atom. The Morgan fingerprint density at radius 1 is 1.20 bits per heavy atom. The quantitative estimate of drug-likeness (QED) is 0.875. The van der Waals surface area contributed by atoms with Gasteiger partial charge in [-0.25, -0.2) is 9.97 Å². The molecule has 0 amide bonds. The van der Waals surface area contributed by atoms with Gasteiger partial charge in [0.15, 0.2) is 5.16 Å². The molecule has 1 aromatic carbocycles. The van der Waals surface area contributed by atoms with Gasteiger partial charge in [0.2, 0.25) is 0 Å². The summed E-state index contributed by atoms with van der Waals surface area (Å²) in [6.45, 7) is 3.14. The Morgan fingerprint density at radius 3 is 2.80 bits per heavy atom. The maximum Gasteiger partial charge on any atom is 0.187 e. The number of nitrogens with one attached hydrogen (secondary N) is 1. The largest absolute Gasteiger partial charge is 0.309 e. The SMILES string of the molecule is CCNC1c2ccccc2CCC1Sc1ncccn1. The maximum absolute atomic E-state index is 4.35. The fourth-order valence-corrected chi connectivity index (χ4v) is 3.93. The van der Waals surface area contributed by atoms with E-state index in [1.807, 2.05) is 18.5 Å². The molecule has 2 atom stereocenters. The molecule has 0 saturated heterocycles. The van der Waals surface area contributed by atoms with Gasteiger partial charge in [-0.3, -0.25) is 0 Å². The predicted molar refractivity (Wildman–Crippen MR) is 82.9 cm³/mol.